The Hall–Kier alpha value is 0.640. The Kier molecular flexibility index (Phi) is 38.9. The van der Waals surface area contributed by atoms with Gasteiger partial charge >= 0.3 is 70.8 Å². The van der Waals surface area contributed by atoms with Crippen LogP contribution in [0.25, 0.3) is 0 Å². The van der Waals surface area contributed by atoms with Gasteiger partial charge in [0.15, 0.2) is 6.23 Å². The molecule has 2 rings (SSSR count). The van der Waals surface area contributed by atoms with E-state index in [4.69, 9.17) is 19.7 Å². The van der Waals surface area contributed by atoms with Gasteiger partial charge in [0, 0.05) is 18.4 Å². The van der Waals surface area contributed by atoms with Crippen molar-refractivity contribution in [3.63, 3.8) is 0 Å². The van der Waals surface area contributed by atoms with Crippen molar-refractivity contribution in [2.45, 2.75) is 211 Å². The number of carbonyl (C=O) groups excluding carboxylic acids is 1. The zero-order valence-electron chi connectivity index (χ0n) is 38.9. The number of nitrogens with two attached hydrogens (primary N) is 1. The van der Waals surface area contributed by atoms with E-state index in [9.17, 15) is 38.7 Å². The number of ether oxygens (including phenoxy) is 2. The van der Waals surface area contributed by atoms with Crippen LogP contribution in [-0.4, -0.2) is 74.9 Å². The molecule has 0 aromatic carbocycles. The van der Waals surface area contributed by atoms with E-state index < -0.39 is 71.2 Å². The predicted octanol–water partition coefficient (Wildman–Crippen LogP) is 2.27. The monoisotopic (exact) mass is 971 g/mol. The van der Waals surface area contributed by atoms with Gasteiger partial charge in [-0.25, -0.2) is 9.11 Å². The minimum Gasteiger partial charge on any atom is -0.756 e. The second-order valence-corrected chi connectivity index (χ2v) is 20.3. The number of anilines is 1. The van der Waals surface area contributed by atoms with E-state index in [0.717, 1.165) is 48.8 Å². The van der Waals surface area contributed by atoms with E-state index in [2.05, 4.69) is 27.7 Å². The zero-order chi connectivity index (χ0) is 44.8. The van der Waals surface area contributed by atoms with Gasteiger partial charge in [0.25, 0.3) is 15.6 Å². The number of hydrogen-bond donors (Lipinski definition) is 3. The van der Waals surface area contributed by atoms with E-state index in [-0.39, 0.29) is 77.1 Å². The number of aromatic nitrogens is 2. The Bertz CT molecular complexity index is 1470. The Morgan fingerprint density at radius 1 is 0.778 bits per heavy atom. The summed E-state index contributed by atoms with van der Waals surface area (Å²) in [4.78, 5) is 53.6. The molecule has 1 aromatic heterocycles. The molecule has 1 aliphatic rings. The molecule has 0 amide bonds. The molecule has 21 heteroatoms. The van der Waals surface area contributed by atoms with Gasteiger partial charge < -0.3 is 44.3 Å². The molecule has 356 valence electrons. The summed E-state index contributed by atoms with van der Waals surface area (Å²) in [5.74, 6) is 0.423. The number of hydrogen-bond acceptors (Lipinski definition) is 16. The topological polar surface area (TPSA) is 245 Å². The summed E-state index contributed by atoms with van der Waals surface area (Å²) in [5.41, 5.74) is 4.58. The van der Waals surface area contributed by atoms with E-state index in [0.29, 0.717) is 6.42 Å². The average molecular weight is 972 g/mol. The first kappa shape index (κ1) is 63.6. The average Bonchev–Trinajstić information content (AvgIpc) is 3.49. The fourth-order valence-corrected chi connectivity index (χ4v) is 10.2. The maximum atomic E-state index is 12.8. The van der Waals surface area contributed by atoms with Crippen LogP contribution in [0.15, 0.2) is 17.1 Å². The molecule has 16 nitrogen and oxygen atoms in total. The fraction of sp³-hybridized carbons (Fsp3) is 0.881. The molecule has 4 N–H and O–H groups in total. The zero-order valence-corrected chi connectivity index (χ0v) is 45.5. The molecule has 0 spiro atoms. The minimum atomic E-state index is -5.63. The summed E-state index contributed by atoms with van der Waals surface area (Å²) in [6.45, 7) is 2.80. The molecule has 63 heavy (non-hydrogen) atoms. The molecule has 1 fully saturated rings. The minimum absolute atomic E-state index is 0. The summed E-state index contributed by atoms with van der Waals surface area (Å²) in [7, 11) is -11.2. The molecule has 7 unspecified atom stereocenters. The second-order valence-electron chi connectivity index (χ2n) is 16.2. The number of phosphoric acid groups is 2. The quantitative estimate of drug-likeness (QED) is 0.0371. The van der Waals surface area contributed by atoms with Crippen molar-refractivity contribution >= 4 is 39.2 Å². The van der Waals surface area contributed by atoms with Crippen LogP contribution in [0.2, 0.25) is 0 Å². The van der Waals surface area contributed by atoms with Crippen molar-refractivity contribution in [2.75, 3.05) is 30.5 Å². The van der Waals surface area contributed by atoms with Gasteiger partial charge in [-0.05, 0) is 24.7 Å². The largest absolute Gasteiger partial charge is 1.00 e. The smallest absolute Gasteiger partial charge is 0.756 e. The van der Waals surface area contributed by atoms with Crippen molar-refractivity contribution in [3.05, 3.63) is 22.7 Å². The van der Waals surface area contributed by atoms with Gasteiger partial charge in [-0.1, -0.05) is 162 Å². The number of phosphoric ester groups is 2. The van der Waals surface area contributed by atoms with Gasteiger partial charge in [-0.3, -0.25) is 18.5 Å². The first-order valence-electron chi connectivity index (χ1n) is 23.0. The SMILES string of the molecule is CCCCCCCCCCCCCCCCCCSCC(COP(=O)([O-])OP(=O)([O-])OCC1OC(n2ccc(N)nc2=O)C(O)C1O)OC(=O)CCCCCCCCCCC.[Na+].[Na+]. The number of carbonyl (C=O) groups is 1. The molecule has 0 saturated carbocycles. The first-order chi connectivity index (χ1) is 29.3. The van der Waals surface area contributed by atoms with E-state index >= 15 is 0 Å². The predicted molar refractivity (Wildman–Crippen MR) is 236 cm³/mol. The van der Waals surface area contributed by atoms with Crippen molar-refractivity contribution in [1.82, 2.24) is 9.55 Å². The van der Waals surface area contributed by atoms with Gasteiger partial charge in [-0.2, -0.15) is 16.7 Å². The summed E-state index contributed by atoms with van der Waals surface area (Å²) >= 11 is 1.50. The third-order valence-corrected chi connectivity index (χ3v) is 14.4. The van der Waals surface area contributed by atoms with Crippen LogP contribution in [0.3, 0.4) is 0 Å². The van der Waals surface area contributed by atoms with Crippen LogP contribution >= 0.6 is 27.4 Å². The van der Waals surface area contributed by atoms with Crippen LogP contribution in [0.1, 0.15) is 187 Å². The second kappa shape index (κ2) is 38.5. The Balaban J connectivity index is 0.0000192. The molecule has 1 aromatic rings. The third kappa shape index (κ3) is 30.7. The van der Waals surface area contributed by atoms with Crippen LogP contribution < -0.4 is 80.3 Å². The van der Waals surface area contributed by atoms with Gasteiger partial charge in [0.05, 0.1) is 13.2 Å². The fourth-order valence-electron chi connectivity index (χ4n) is 7.13. The van der Waals surface area contributed by atoms with E-state index in [1.54, 1.807) is 0 Å². The summed E-state index contributed by atoms with van der Waals surface area (Å²) < 4.78 is 50.8. The number of nitrogen functional groups attached to an aromatic ring is 1. The number of aliphatic hydroxyl groups is 2. The Morgan fingerprint density at radius 3 is 1.73 bits per heavy atom. The third-order valence-electron chi connectivity index (χ3n) is 10.7. The summed E-state index contributed by atoms with van der Waals surface area (Å²) in [6.07, 6.45) is 24.0. The van der Waals surface area contributed by atoms with Crippen LogP contribution in [0.5, 0.6) is 0 Å². The molecular weight excluding hydrogens is 894 g/mol. The number of aliphatic hydroxyl groups excluding tert-OH is 2. The van der Waals surface area contributed by atoms with Crippen molar-refractivity contribution in [1.29, 1.82) is 0 Å². The molecule has 1 saturated heterocycles. The van der Waals surface area contributed by atoms with Crippen molar-refractivity contribution in [2.24, 2.45) is 0 Å². The molecule has 0 bridgehead atoms. The summed E-state index contributed by atoms with van der Waals surface area (Å²) in [6, 6.07) is 1.25. The Labute approximate surface area is 425 Å². The van der Waals surface area contributed by atoms with E-state index in [1.807, 2.05) is 0 Å². The molecule has 1 aliphatic heterocycles. The molecule has 7 atom stereocenters. The standard InChI is InChI=1S/C42H79N3O13P2S.2Na/c1-3-5-7-9-11-13-14-15-16-17-18-19-21-23-25-27-31-61-34-35(56-38(46)28-26-24-22-20-12-10-8-6-4-2)32-54-59(50,51)58-60(52,53)55-33-36-39(47)40(48)41(57-36)45-30-29-37(43)44-42(45)49;;/h29-30,35-36,39-41,47-48H,3-28,31-34H2,1-2H3,(H,50,51)(H,52,53)(H2,43,44,49);;/q;2*+1/p-2. The van der Waals surface area contributed by atoms with E-state index in [1.165, 1.54) is 140 Å². The number of rotatable bonds is 39. The molecule has 0 radical (unpaired) electrons. The number of thioether (sulfide) groups is 1. The number of unbranched alkanes of at least 4 members (excludes halogenated alkanes) is 23. The Morgan fingerprint density at radius 2 is 1.24 bits per heavy atom. The number of esters is 1. The maximum Gasteiger partial charge on any atom is 1.00 e. The molecule has 2 heterocycles. The van der Waals surface area contributed by atoms with Gasteiger partial charge in [-0.15, -0.1) is 0 Å². The van der Waals surface area contributed by atoms with Crippen molar-refractivity contribution in [3.8, 4) is 0 Å². The number of nitrogens with zero attached hydrogens (tertiary/aromatic N) is 2. The van der Waals surface area contributed by atoms with Crippen LogP contribution in [-0.2, 0) is 36.8 Å². The van der Waals surface area contributed by atoms with Gasteiger partial charge in [0.2, 0.25) is 0 Å². The van der Waals surface area contributed by atoms with Crippen LogP contribution in [0.4, 0.5) is 5.82 Å². The van der Waals surface area contributed by atoms with Gasteiger partial charge in [0.1, 0.15) is 30.2 Å². The maximum absolute atomic E-state index is 12.8. The first-order valence-corrected chi connectivity index (χ1v) is 27.1. The summed E-state index contributed by atoms with van der Waals surface area (Å²) in [5, 5.41) is 20.8. The normalized spacial score (nSPS) is 19.7. The molecule has 0 aliphatic carbocycles. The van der Waals surface area contributed by atoms with Crippen molar-refractivity contribution < 1.29 is 116 Å². The van der Waals surface area contributed by atoms with Crippen LogP contribution in [0, 0.1) is 0 Å². The molecular formula is C42H77N3Na2O13P2S.